The number of likely N-dealkylation sites (N-methyl/N-ethyl adjacent to an activating group) is 1. The molecule has 2 aromatic rings. The van der Waals surface area contributed by atoms with Crippen molar-refractivity contribution in [3.63, 3.8) is 0 Å². The van der Waals surface area contributed by atoms with Crippen LogP contribution in [0.25, 0.3) is 0 Å². The van der Waals surface area contributed by atoms with Crippen LogP contribution < -0.4 is 4.90 Å². The molecule has 28 heavy (non-hydrogen) atoms. The van der Waals surface area contributed by atoms with E-state index in [2.05, 4.69) is 4.98 Å². The zero-order valence-electron chi connectivity index (χ0n) is 16.8. The summed E-state index contributed by atoms with van der Waals surface area (Å²) in [4.78, 5) is 44.6. The first kappa shape index (κ1) is 18.5. The van der Waals surface area contributed by atoms with Crippen LogP contribution in [0, 0.1) is 13.8 Å². The van der Waals surface area contributed by atoms with Crippen LogP contribution in [0.3, 0.4) is 0 Å². The quantitative estimate of drug-likeness (QED) is 0.816. The van der Waals surface area contributed by atoms with E-state index >= 15 is 0 Å². The molecule has 0 radical (unpaired) electrons. The van der Waals surface area contributed by atoms with Crippen LogP contribution in [0.2, 0.25) is 0 Å². The summed E-state index contributed by atoms with van der Waals surface area (Å²) in [7, 11) is 1.82. The number of nitrogens with one attached hydrogen (secondary N) is 1. The molecule has 146 valence electrons. The van der Waals surface area contributed by atoms with Gasteiger partial charge in [0.05, 0.1) is 16.7 Å². The van der Waals surface area contributed by atoms with Gasteiger partial charge in [0, 0.05) is 38.4 Å². The summed E-state index contributed by atoms with van der Waals surface area (Å²) in [6, 6.07) is 7.94. The highest BCUT2D eigenvalue weighted by atomic mass is 16.2. The number of aryl methyl sites for hydroxylation is 1. The van der Waals surface area contributed by atoms with Crippen molar-refractivity contribution in [1.82, 2.24) is 9.88 Å². The molecular formula is C22H25N3O3. The number of aromatic nitrogens is 1. The standard InChI is InChI=1S/C22H25N3O3/c1-13-18(14(2)23-19(13)15(3)26)20(27)25-11-9-22(10-12-25)16-7-5-6-8-17(16)24(4)21(22)28/h5-8,23H,9-12H2,1-4H3. The van der Waals surface area contributed by atoms with Gasteiger partial charge in [-0.2, -0.15) is 0 Å². The summed E-state index contributed by atoms with van der Waals surface area (Å²) < 4.78 is 0. The minimum absolute atomic E-state index is 0.0688. The predicted molar refractivity (Wildman–Crippen MR) is 107 cm³/mol. The summed E-state index contributed by atoms with van der Waals surface area (Å²) >= 11 is 0. The van der Waals surface area contributed by atoms with Crippen molar-refractivity contribution in [2.75, 3.05) is 25.0 Å². The van der Waals surface area contributed by atoms with Gasteiger partial charge in [-0.1, -0.05) is 18.2 Å². The van der Waals surface area contributed by atoms with Gasteiger partial charge in [-0.05, 0) is 43.9 Å². The third-order valence-corrected chi connectivity index (χ3v) is 6.40. The number of benzene rings is 1. The van der Waals surface area contributed by atoms with E-state index < -0.39 is 5.41 Å². The molecule has 1 aromatic heterocycles. The lowest BCUT2D eigenvalue weighted by atomic mass is 9.73. The number of anilines is 1. The fourth-order valence-electron chi connectivity index (χ4n) is 4.87. The number of carbonyl (C=O) groups is 3. The van der Waals surface area contributed by atoms with Crippen molar-refractivity contribution in [2.24, 2.45) is 0 Å². The van der Waals surface area contributed by atoms with E-state index in [0.29, 0.717) is 42.8 Å². The Labute approximate surface area is 164 Å². The number of ketones is 1. The summed E-state index contributed by atoms with van der Waals surface area (Å²) in [5.74, 6) is -0.0252. The molecule has 2 aliphatic heterocycles. The minimum Gasteiger partial charge on any atom is -0.355 e. The van der Waals surface area contributed by atoms with Crippen molar-refractivity contribution < 1.29 is 14.4 Å². The molecule has 6 heteroatoms. The van der Waals surface area contributed by atoms with Crippen molar-refractivity contribution in [3.8, 4) is 0 Å². The van der Waals surface area contributed by atoms with Gasteiger partial charge in [0.15, 0.2) is 5.78 Å². The molecule has 1 N–H and O–H groups in total. The highest BCUT2D eigenvalue weighted by molar-refractivity contribution is 6.08. The first-order valence-electron chi connectivity index (χ1n) is 9.65. The molecule has 2 aliphatic rings. The van der Waals surface area contributed by atoms with Crippen molar-refractivity contribution in [2.45, 2.75) is 39.0 Å². The molecule has 1 aromatic carbocycles. The Bertz CT molecular complexity index is 996. The maximum Gasteiger partial charge on any atom is 0.255 e. The van der Waals surface area contributed by atoms with Gasteiger partial charge in [-0.15, -0.1) is 0 Å². The average molecular weight is 379 g/mol. The van der Waals surface area contributed by atoms with Crippen LogP contribution in [-0.2, 0) is 10.2 Å². The lowest BCUT2D eigenvalue weighted by Crippen LogP contribution is -2.49. The number of amides is 2. The number of Topliss-reactive ketones (excluding diaryl/α,β-unsaturated/α-hetero) is 1. The van der Waals surface area contributed by atoms with Crippen LogP contribution >= 0.6 is 0 Å². The Kier molecular flexibility index (Phi) is 4.17. The number of aromatic amines is 1. The largest absolute Gasteiger partial charge is 0.355 e. The minimum atomic E-state index is -0.533. The Morgan fingerprint density at radius 3 is 2.36 bits per heavy atom. The Balaban J connectivity index is 1.60. The van der Waals surface area contributed by atoms with Crippen LogP contribution in [0.5, 0.6) is 0 Å². The third kappa shape index (κ3) is 2.44. The van der Waals surface area contributed by atoms with Crippen LogP contribution in [0.1, 0.15) is 57.4 Å². The molecule has 1 spiro atoms. The molecule has 3 heterocycles. The summed E-state index contributed by atoms with van der Waals surface area (Å²) in [5.41, 5.74) is 4.01. The summed E-state index contributed by atoms with van der Waals surface area (Å²) in [6.07, 6.45) is 1.22. The van der Waals surface area contributed by atoms with E-state index in [1.807, 2.05) is 50.1 Å². The van der Waals surface area contributed by atoms with Gasteiger partial charge < -0.3 is 14.8 Å². The smallest absolute Gasteiger partial charge is 0.255 e. The first-order chi connectivity index (χ1) is 13.3. The molecule has 1 saturated heterocycles. The molecule has 1 fully saturated rings. The highest BCUT2D eigenvalue weighted by Crippen LogP contribution is 2.47. The topological polar surface area (TPSA) is 73.5 Å². The van der Waals surface area contributed by atoms with E-state index in [1.54, 1.807) is 4.90 Å². The van der Waals surface area contributed by atoms with Gasteiger partial charge in [0.1, 0.15) is 0 Å². The number of piperidine rings is 1. The zero-order chi connectivity index (χ0) is 20.2. The monoisotopic (exact) mass is 379 g/mol. The van der Waals surface area contributed by atoms with Gasteiger partial charge >= 0.3 is 0 Å². The zero-order valence-corrected chi connectivity index (χ0v) is 16.8. The molecule has 0 unspecified atom stereocenters. The van der Waals surface area contributed by atoms with Crippen LogP contribution in [0.15, 0.2) is 24.3 Å². The Morgan fingerprint density at radius 1 is 1.11 bits per heavy atom. The number of carbonyl (C=O) groups excluding carboxylic acids is 3. The number of H-pyrrole nitrogens is 1. The van der Waals surface area contributed by atoms with Crippen LogP contribution in [0.4, 0.5) is 5.69 Å². The van der Waals surface area contributed by atoms with Gasteiger partial charge in [0.25, 0.3) is 5.91 Å². The number of likely N-dealkylation sites (tertiary alicyclic amines) is 1. The van der Waals surface area contributed by atoms with E-state index in [0.717, 1.165) is 16.9 Å². The fourth-order valence-corrected chi connectivity index (χ4v) is 4.87. The maximum atomic E-state index is 13.2. The highest BCUT2D eigenvalue weighted by Gasteiger charge is 2.51. The average Bonchev–Trinajstić information content (AvgIpc) is 3.10. The SMILES string of the molecule is CC(=O)c1[nH]c(C)c(C(=O)N2CCC3(CC2)C(=O)N(C)c2ccccc23)c1C. The number of nitrogens with zero attached hydrogens (tertiary/aromatic N) is 2. The van der Waals surface area contributed by atoms with E-state index in [4.69, 9.17) is 0 Å². The number of fused-ring (bicyclic) bond motifs is 2. The maximum absolute atomic E-state index is 13.2. The van der Waals surface area contributed by atoms with E-state index in [9.17, 15) is 14.4 Å². The van der Waals surface area contributed by atoms with Crippen molar-refractivity contribution in [3.05, 3.63) is 52.3 Å². The van der Waals surface area contributed by atoms with Gasteiger partial charge in [-0.3, -0.25) is 14.4 Å². The predicted octanol–water partition coefficient (Wildman–Crippen LogP) is 2.98. The van der Waals surface area contributed by atoms with E-state index in [-0.39, 0.29) is 17.6 Å². The second kappa shape index (κ2) is 6.33. The van der Waals surface area contributed by atoms with Crippen molar-refractivity contribution in [1.29, 1.82) is 0 Å². The van der Waals surface area contributed by atoms with Crippen molar-refractivity contribution >= 4 is 23.3 Å². The Hall–Kier alpha value is -2.89. The lowest BCUT2D eigenvalue weighted by Gasteiger charge is -2.38. The first-order valence-corrected chi connectivity index (χ1v) is 9.65. The van der Waals surface area contributed by atoms with E-state index in [1.165, 1.54) is 6.92 Å². The summed E-state index contributed by atoms with van der Waals surface area (Å²) in [6.45, 7) is 6.17. The normalized spacial score (nSPS) is 17.9. The number of rotatable bonds is 2. The number of hydrogen-bond acceptors (Lipinski definition) is 3. The molecule has 4 rings (SSSR count). The summed E-state index contributed by atoms with van der Waals surface area (Å²) in [5, 5.41) is 0. The molecule has 0 saturated carbocycles. The second-order valence-electron chi connectivity index (χ2n) is 7.94. The Morgan fingerprint density at radius 2 is 1.75 bits per heavy atom. The number of hydrogen-bond donors (Lipinski definition) is 1. The molecule has 0 atom stereocenters. The van der Waals surface area contributed by atoms with Gasteiger partial charge in [-0.25, -0.2) is 0 Å². The third-order valence-electron chi connectivity index (χ3n) is 6.40. The molecule has 2 amide bonds. The molecule has 6 nitrogen and oxygen atoms in total. The molecular weight excluding hydrogens is 354 g/mol. The lowest BCUT2D eigenvalue weighted by molar-refractivity contribution is -0.124. The number of para-hydroxylation sites is 1. The molecule has 0 aliphatic carbocycles. The fraction of sp³-hybridized carbons (Fsp3) is 0.409. The molecule has 0 bridgehead atoms. The van der Waals surface area contributed by atoms with Gasteiger partial charge in [0.2, 0.25) is 5.91 Å². The van der Waals surface area contributed by atoms with Crippen LogP contribution in [-0.4, -0.2) is 47.6 Å². The second-order valence-corrected chi connectivity index (χ2v) is 7.94.